The van der Waals surface area contributed by atoms with Crippen LogP contribution in [0.5, 0.6) is 0 Å². The van der Waals surface area contributed by atoms with Crippen LogP contribution in [0, 0.1) is 5.92 Å². The summed E-state index contributed by atoms with van der Waals surface area (Å²) in [6.45, 7) is 9.59. The number of nitrogens with one attached hydrogen (secondary N) is 2. The summed E-state index contributed by atoms with van der Waals surface area (Å²) in [4.78, 5) is 4.48. The molecule has 0 bridgehead atoms. The summed E-state index contributed by atoms with van der Waals surface area (Å²) in [7, 11) is -2.80. The Balaban J connectivity index is 2.56. The normalized spacial score (nSPS) is 24.0. The molecular weight excluding hydrogens is 250 g/mol. The zero-order chi connectivity index (χ0) is 13.8. The smallest absolute Gasteiger partial charge is 0.191 e. The van der Waals surface area contributed by atoms with Gasteiger partial charge < -0.3 is 10.6 Å². The molecule has 1 unspecified atom stereocenters. The zero-order valence-corrected chi connectivity index (χ0v) is 12.6. The number of aliphatic imine (C=N–C) groups is 1. The summed E-state index contributed by atoms with van der Waals surface area (Å²) in [6, 6.07) is 0. The lowest BCUT2D eigenvalue weighted by Gasteiger charge is -2.24. The van der Waals surface area contributed by atoms with Crippen LogP contribution in [-0.4, -0.2) is 44.5 Å². The molecule has 106 valence electrons. The van der Waals surface area contributed by atoms with E-state index < -0.39 is 9.84 Å². The summed E-state index contributed by atoms with van der Waals surface area (Å²) < 4.78 is 22.7. The molecule has 1 aliphatic heterocycles. The van der Waals surface area contributed by atoms with Gasteiger partial charge in [0.05, 0.1) is 11.5 Å². The van der Waals surface area contributed by atoms with E-state index in [0.29, 0.717) is 12.3 Å². The van der Waals surface area contributed by atoms with Crippen LogP contribution < -0.4 is 10.6 Å². The van der Waals surface area contributed by atoms with Gasteiger partial charge in [-0.25, -0.2) is 8.42 Å². The third kappa shape index (κ3) is 5.71. The molecule has 5 nitrogen and oxygen atoms in total. The average molecular weight is 275 g/mol. The molecule has 0 saturated carbocycles. The predicted octanol–water partition coefficient (Wildman–Crippen LogP) is 0.775. The molecule has 0 spiro atoms. The molecule has 1 saturated heterocycles. The van der Waals surface area contributed by atoms with Gasteiger partial charge in [-0.1, -0.05) is 0 Å². The van der Waals surface area contributed by atoms with Gasteiger partial charge in [-0.3, -0.25) is 4.99 Å². The lowest BCUT2D eigenvalue weighted by Crippen LogP contribution is -2.47. The van der Waals surface area contributed by atoms with Gasteiger partial charge in [0.1, 0.15) is 0 Å². The zero-order valence-electron chi connectivity index (χ0n) is 11.8. The Bertz CT molecular complexity index is 396. The van der Waals surface area contributed by atoms with Crippen molar-refractivity contribution in [3.63, 3.8) is 0 Å². The Kier molecular flexibility index (Phi) is 5.01. The molecule has 18 heavy (non-hydrogen) atoms. The van der Waals surface area contributed by atoms with Crippen molar-refractivity contribution in [2.75, 3.05) is 24.6 Å². The van der Waals surface area contributed by atoms with Crippen LogP contribution >= 0.6 is 0 Å². The number of nitrogens with zero attached hydrogens (tertiary/aromatic N) is 1. The summed E-state index contributed by atoms with van der Waals surface area (Å²) in [5.41, 5.74) is -0.0528. The van der Waals surface area contributed by atoms with Crippen LogP contribution in [0.2, 0.25) is 0 Å². The van der Waals surface area contributed by atoms with E-state index in [1.807, 2.05) is 6.92 Å². The summed E-state index contributed by atoms with van der Waals surface area (Å²) in [5.74, 6) is 1.53. The van der Waals surface area contributed by atoms with Gasteiger partial charge in [0, 0.05) is 18.6 Å². The quantitative estimate of drug-likeness (QED) is 0.590. The van der Waals surface area contributed by atoms with Crippen LogP contribution in [0.4, 0.5) is 0 Å². The molecular formula is C12H25N3O2S. The minimum Gasteiger partial charge on any atom is -0.357 e. The molecule has 0 radical (unpaired) electrons. The van der Waals surface area contributed by atoms with Gasteiger partial charge in [0.2, 0.25) is 0 Å². The molecule has 1 aliphatic rings. The second-order valence-electron chi connectivity index (χ2n) is 5.86. The second-order valence-corrected chi connectivity index (χ2v) is 8.09. The van der Waals surface area contributed by atoms with E-state index in [1.165, 1.54) is 0 Å². The highest BCUT2D eigenvalue weighted by molar-refractivity contribution is 7.91. The first-order valence-electron chi connectivity index (χ1n) is 6.49. The molecule has 2 N–H and O–H groups in total. The monoisotopic (exact) mass is 275 g/mol. The molecule has 6 heteroatoms. The molecule has 1 heterocycles. The molecule has 0 aromatic rings. The first kappa shape index (κ1) is 15.3. The van der Waals surface area contributed by atoms with Gasteiger partial charge in [-0.15, -0.1) is 0 Å². The van der Waals surface area contributed by atoms with E-state index in [9.17, 15) is 8.42 Å². The van der Waals surface area contributed by atoms with Gasteiger partial charge in [-0.2, -0.15) is 0 Å². The van der Waals surface area contributed by atoms with E-state index in [0.717, 1.165) is 18.9 Å². The fraction of sp³-hybridized carbons (Fsp3) is 0.917. The molecule has 0 aromatic heterocycles. The number of rotatable bonds is 3. The third-order valence-corrected chi connectivity index (χ3v) is 4.51. The highest BCUT2D eigenvalue weighted by Crippen LogP contribution is 2.18. The van der Waals surface area contributed by atoms with Crippen molar-refractivity contribution in [1.82, 2.24) is 10.6 Å². The van der Waals surface area contributed by atoms with Crippen LogP contribution in [-0.2, 0) is 9.84 Å². The molecule has 0 aromatic carbocycles. The highest BCUT2D eigenvalue weighted by Gasteiger charge is 2.27. The van der Waals surface area contributed by atoms with Crippen molar-refractivity contribution in [3.05, 3.63) is 0 Å². The van der Waals surface area contributed by atoms with Crippen LogP contribution in [0.1, 0.15) is 34.1 Å². The summed E-state index contributed by atoms with van der Waals surface area (Å²) in [6.07, 6.45) is 0.737. The SMILES string of the molecule is CCNC(=NCC1CCS(=O)(=O)C1)NC(C)(C)C. The molecule has 0 amide bonds. The Morgan fingerprint density at radius 2 is 2.06 bits per heavy atom. The molecule has 1 atom stereocenters. The largest absolute Gasteiger partial charge is 0.357 e. The molecule has 1 fully saturated rings. The van der Waals surface area contributed by atoms with Crippen molar-refractivity contribution in [2.24, 2.45) is 10.9 Å². The summed E-state index contributed by atoms with van der Waals surface area (Å²) in [5, 5.41) is 6.46. The van der Waals surface area contributed by atoms with Crippen LogP contribution in [0.15, 0.2) is 4.99 Å². The van der Waals surface area contributed by atoms with Crippen LogP contribution in [0.25, 0.3) is 0 Å². The Morgan fingerprint density at radius 1 is 1.39 bits per heavy atom. The Labute approximate surface area is 110 Å². The third-order valence-electron chi connectivity index (χ3n) is 2.67. The van der Waals surface area contributed by atoms with Gasteiger partial charge in [-0.05, 0) is 40.0 Å². The minimum atomic E-state index is -2.80. The summed E-state index contributed by atoms with van der Waals surface area (Å²) >= 11 is 0. The van der Waals surface area contributed by atoms with Crippen molar-refractivity contribution < 1.29 is 8.42 Å². The van der Waals surface area contributed by atoms with Crippen molar-refractivity contribution in [3.8, 4) is 0 Å². The first-order valence-corrected chi connectivity index (χ1v) is 8.31. The topological polar surface area (TPSA) is 70.6 Å². The number of guanidine groups is 1. The van der Waals surface area contributed by atoms with Crippen LogP contribution in [0.3, 0.4) is 0 Å². The van der Waals surface area contributed by atoms with Gasteiger partial charge >= 0.3 is 0 Å². The maximum absolute atomic E-state index is 11.4. The van der Waals surface area contributed by atoms with Crippen molar-refractivity contribution in [2.45, 2.75) is 39.7 Å². The lowest BCUT2D eigenvalue weighted by atomic mass is 10.1. The van der Waals surface area contributed by atoms with Crippen molar-refractivity contribution >= 4 is 15.8 Å². The Morgan fingerprint density at radius 3 is 2.50 bits per heavy atom. The number of hydrogen-bond donors (Lipinski definition) is 2. The van der Waals surface area contributed by atoms with E-state index in [2.05, 4.69) is 36.4 Å². The second kappa shape index (κ2) is 5.91. The maximum atomic E-state index is 11.4. The lowest BCUT2D eigenvalue weighted by molar-refractivity contribution is 0.499. The standard InChI is InChI=1S/C12H25N3O2S/c1-5-13-11(15-12(2,3)4)14-8-10-6-7-18(16,17)9-10/h10H,5-9H2,1-4H3,(H2,13,14,15). The van der Waals surface area contributed by atoms with Gasteiger partial charge in [0.15, 0.2) is 15.8 Å². The number of hydrogen-bond acceptors (Lipinski definition) is 3. The fourth-order valence-electron chi connectivity index (χ4n) is 1.90. The average Bonchev–Trinajstić information content (AvgIpc) is 2.53. The van der Waals surface area contributed by atoms with Gasteiger partial charge in [0.25, 0.3) is 0 Å². The first-order chi connectivity index (χ1) is 8.22. The minimum absolute atomic E-state index is 0.0528. The molecule has 1 rings (SSSR count). The van der Waals surface area contributed by atoms with E-state index in [4.69, 9.17) is 0 Å². The Hall–Kier alpha value is -0.780. The van der Waals surface area contributed by atoms with Crippen molar-refractivity contribution in [1.29, 1.82) is 0 Å². The van der Waals surface area contributed by atoms with E-state index in [-0.39, 0.29) is 17.2 Å². The molecule has 0 aliphatic carbocycles. The maximum Gasteiger partial charge on any atom is 0.191 e. The predicted molar refractivity (Wildman–Crippen MR) is 75.6 cm³/mol. The fourth-order valence-corrected chi connectivity index (χ4v) is 3.75. The van der Waals surface area contributed by atoms with E-state index in [1.54, 1.807) is 0 Å². The van der Waals surface area contributed by atoms with E-state index >= 15 is 0 Å². The highest BCUT2D eigenvalue weighted by atomic mass is 32.2. The number of sulfone groups is 1.